The number of benzene rings is 1. The fourth-order valence-electron chi connectivity index (χ4n) is 3.45. The van der Waals surface area contributed by atoms with Gasteiger partial charge in [0.25, 0.3) is 5.91 Å². The molecule has 1 fully saturated rings. The lowest BCUT2D eigenvalue weighted by Gasteiger charge is -2.36. The van der Waals surface area contributed by atoms with Crippen LogP contribution in [0.3, 0.4) is 0 Å². The van der Waals surface area contributed by atoms with Gasteiger partial charge in [0.2, 0.25) is 0 Å². The van der Waals surface area contributed by atoms with Gasteiger partial charge in [0, 0.05) is 49.8 Å². The van der Waals surface area contributed by atoms with Crippen LogP contribution in [-0.4, -0.2) is 60.2 Å². The lowest BCUT2D eigenvalue weighted by molar-refractivity contribution is 0.0741. The van der Waals surface area contributed by atoms with Crippen LogP contribution in [-0.2, 0) is 0 Å². The largest absolute Gasteiger partial charge is 0.379 e. The first kappa shape index (κ1) is 17.3. The number of aromatic amines is 1. The van der Waals surface area contributed by atoms with Gasteiger partial charge in [-0.2, -0.15) is 0 Å². The highest BCUT2D eigenvalue weighted by Gasteiger charge is 2.25. The van der Waals surface area contributed by atoms with Crippen molar-refractivity contribution in [2.24, 2.45) is 0 Å². The Morgan fingerprint density at radius 1 is 1.15 bits per heavy atom. The molecule has 4 rings (SSSR count). The Labute approximate surface area is 157 Å². The van der Waals surface area contributed by atoms with Gasteiger partial charge in [-0.3, -0.25) is 4.79 Å². The molecule has 140 valence electrons. The van der Waals surface area contributed by atoms with E-state index < -0.39 is 6.67 Å². The molecule has 1 aromatic carbocycles. The average molecular weight is 367 g/mol. The molecule has 0 radical (unpaired) electrons. The minimum absolute atomic E-state index is 0.0163. The molecule has 1 amide bonds. The molecule has 0 unspecified atom stereocenters. The van der Waals surface area contributed by atoms with Crippen LogP contribution in [0.1, 0.15) is 10.5 Å². The van der Waals surface area contributed by atoms with E-state index in [1.165, 1.54) is 0 Å². The number of carbonyl (C=O) groups excluding carboxylic acids is 1. The number of nitrogens with zero attached hydrogens (tertiary/aromatic N) is 3. The Balaban J connectivity index is 1.44. The Morgan fingerprint density at radius 3 is 2.74 bits per heavy atom. The van der Waals surface area contributed by atoms with Crippen molar-refractivity contribution >= 4 is 28.3 Å². The van der Waals surface area contributed by atoms with E-state index in [4.69, 9.17) is 0 Å². The topological polar surface area (TPSA) is 64.3 Å². The van der Waals surface area contributed by atoms with Crippen molar-refractivity contribution in [1.82, 2.24) is 14.9 Å². The number of hydrogen-bond acceptors (Lipinski definition) is 4. The van der Waals surface area contributed by atoms with Crippen LogP contribution in [0.4, 0.5) is 15.9 Å². The normalized spacial score (nSPS) is 14.6. The number of amides is 1. The van der Waals surface area contributed by atoms with Crippen molar-refractivity contribution in [1.29, 1.82) is 0 Å². The SMILES string of the molecule is O=C(c1cc2ccccc2[nH]1)N1CCN(c2ncccc2NCCF)CC1. The number of halogens is 1. The van der Waals surface area contributed by atoms with E-state index in [0.717, 1.165) is 22.4 Å². The van der Waals surface area contributed by atoms with Gasteiger partial charge in [0.1, 0.15) is 12.4 Å². The van der Waals surface area contributed by atoms with Gasteiger partial charge in [-0.1, -0.05) is 18.2 Å². The predicted molar refractivity (Wildman–Crippen MR) is 105 cm³/mol. The second kappa shape index (κ2) is 7.65. The maximum atomic E-state index is 12.8. The molecule has 0 saturated carbocycles. The zero-order valence-electron chi connectivity index (χ0n) is 15.0. The highest BCUT2D eigenvalue weighted by molar-refractivity contribution is 5.98. The van der Waals surface area contributed by atoms with Crippen molar-refractivity contribution < 1.29 is 9.18 Å². The molecule has 0 aliphatic carbocycles. The van der Waals surface area contributed by atoms with Crippen molar-refractivity contribution in [3.8, 4) is 0 Å². The summed E-state index contributed by atoms with van der Waals surface area (Å²) < 4.78 is 12.5. The summed E-state index contributed by atoms with van der Waals surface area (Å²) in [5, 5.41) is 4.11. The fourth-order valence-corrected chi connectivity index (χ4v) is 3.45. The molecular weight excluding hydrogens is 345 g/mol. The van der Waals surface area contributed by atoms with Gasteiger partial charge in [0.15, 0.2) is 5.82 Å². The number of hydrogen-bond donors (Lipinski definition) is 2. The molecular formula is C20H22FN5O. The number of pyridine rings is 1. The molecule has 6 nitrogen and oxygen atoms in total. The summed E-state index contributed by atoms with van der Waals surface area (Å²) in [5.74, 6) is 0.825. The van der Waals surface area contributed by atoms with Gasteiger partial charge in [-0.25, -0.2) is 9.37 Å². The number of fused-ring (bicyclic) bond motifs is 1. The number of para-hydroxylation sites is 1. The molecule has 3 aromatic rings. The second-order valence-corrected chi connectivity index (χ2v) is 6.54. The Morgan fingerprint density at radius 2 is 1.96 bits per heavy atom. The standard InChI is InChI=1S/C20H22FN5O/c21-7-9-22-17-6-3-8-23-19(17)25-10-12-26(13-11-25)20(27)18-14-15-4-1-2-5-16(15)24-18/h1-6,8,14,22,24H,7,9-13H2. The van der Waals surface area contributed by atoms with E-state index in [0.29, 0.717) is 31.9 Å². The first-order chi connectivity index (χ1) is 13.3. The molecule has 7 heteroatoms. The van der Waals surface area contributed by atoms with Crippen molar-refractivity contribution in [3.63, 3.8) is 0 Å². The van der Waals surface area contributed by atoms with E-state index in [9.17, 15) is 9.18 Å². The van der Waals surface area contributed by atoms with Crippen molar-refractivity contribution in [3.05, 3.63) is 54.4 Å². The molecule has 1 aliphatic heterocycles. The number of anilines is 2. The maximum absolute atomic E-state index is 12.8. The van der Waals surface area contributed by atoms with Crippen LogP contribution in [0.2, 0.25) is 0 Å². The highest BCUT2D eigenvalue weighted by Crippen LogP contribution is 2.24. The first-order valence-electron chi connectivity index (χ1n) is 9.13. The van der Waals surface area contributed by atoms with Gasteiger partial charge in [0.05, 0.1) is 5.69 Å². The quantitative estimate of drug-likeness (QED) is 0.728. The smallest absolute Gasteiger partial charge is 0.270 e. The van der Waals surface area contributed by atoms with Gasteiger partial charge in [-0.05, 0) is 24.3 Å². The first-order valence-corrected chi connectivity index (χ1v) is 9.13. The third kappa shape index (κ3) is 3.58. The third-order valence-electron chi connectivity index (χ3n) is 4.82. The molecule has 0 atom stereocenters. The molecule has 2 N–H and O–H groups in total. The summed E-state index contributed by atoms with van der Waals surface area (Å²) in [7, 11) is 0. The van der Waals surface area contributed by atoms with E-state index in [2.05, 4.69) is 20.2 Å². The lowest BCUT2D eigenvalue weighted by Crippen LogP contribution is -2.49. The number of rotatable bonds is 5. The number of piperazine rings is 1. The Hall–Kier alpha value is -3.09. The minimum atomic E-state index is -0.429. The summed E-state index contributed by atoms with van der Waals surface area (Å²) in [6.45, 7) is 2.44. The number of alkyl halides is 1. The van der Waals surface area contributed by atoms with E-state index >= 15 is 0 Å². The zero-order chi connectivity index (χ0) is 18.6. The minimum Gasteiger partial charge on any atom is -0.379 e. The van der Waals surface area contributed by atoms with Crippen LogP contribution in [0.15, 0.2) is 48.7 Å². The summed E-state index contributed by atoms with van der Waals surface area (Å²) in [5.41, 5.74) is 2.41. The molecule has 0 bridgehead atoms. The summed E-state index contributed by atoms with van der Waals surface area (Å²) >= 11 is 0. The molecule has 0 spiro atoms. The number of H-pyrrole nitrogens is 1. The summed E-state index contributed by atoms with van der Waals surface area (Å²) in [6.07, 6.45) is 1.73. The highest BCUT2D eigenvalue weighted by atomic mass is 19.1. The summed E-state index contributed by atoms with van der Waals surface area (Å²) in [4.78, 5) is 24.5. The van der Waals surface area contributed by atoms with E-state index in [-0.39, 0.29) is 12.5 Å². The lowest BCUT2D eigenvalue weighted by atomic mass is 10.2. The number of nitrogens with one attached hydrogen (secondary N) is 2. The van der Waals surface area contributed by atoms with Gasteiger partial charge < -0.3 is 20.1 Å². The van der Waals surface area contributed by atoms with Crippen LogP contribution >= 0.6 is 0 Å². The van der Waals surface area contributed by atoms with Gasteiger partial charge in [-0.15, -0.1) is 0 Å². The van der Waals surface area contributed by atoms with E-state index in [1.807, 2.05) is 47.4 Å². The third-order valence-corrected chi connectivity index (χ3v) is 4.82. The van der Waals surface area contributed by atoms with Crippen molar-refractivity contribution in [2.75, 3.05) is 49.6 Å². The fraction of sp³-hybridized carbons (Fsp3) is 0.300. The summed E-state index contributed by atoms with van der Waals surface area (Å²) in [6, 6.07) is 13.5. The molecule has 3 heterocycles. The molecule has 1 aliphatic rings. The van der Waals surface area contributed by atoms with Crippen LogP contribution in [0.5, 0.6) is 0 Å². The zero-order valence-corrected chi connectivity index (χ0v) is 15.0. The number of carbonyl (C=O) groups is 1. The Kier molecular flexibility index (Phi) is 4.91. The van der Waals surface area contributed by atoms with Crippen molar-refractivity contribution in [2.45, 2.75) is 0 Å². The Bertz CT molecular complexity index is 900. The maximum Gasteiger partial charge on any atom is 0.270 e. The van der Waals surface area contributed by atoms with Crippen LogP contribution in [0.25, 0.3) is 10.9 Å². The second-order valence-electron chi connectivity index (χ2n) is 6.54. The number of aromatic nitrogens is 2. The van der Waals surface area contributed by atoms with Gasteiger partial charge >= 0.3 is 0 Å². The van der Waals surface area contributed by atoms with Crippen LogP contribution < -0.4 is 10.2 Å². The predicted octanol–water partition coefficient (Wildman–Crippen LogP) is 2.91. The monoisotopic (exact) mass is 367 g/mol. The van der Waals surface area contributed by atoms with Crippen LogP contribution in [0, 0.1) is 0 Å². The van der Waals surface area contributed by atoms with E-state index in [1.54, 1.807) is 6.20 Å². The average Bonchev–Trinajstić information content (AvgIpc) is 3.16. The molecule has 2 aromatic heterocycles. The molecule has 27 heavy (non-hydrogen) atoms. The molecule has 1 saturated heterocycles.